The fourth-order valence-electron chi connectivity index (χ4n) is 2.61. The first kappa shape index (κ1) is 14.1. The zero-order valence-electron chi connectivity index (χ0n) is 12.2. The van der Waals surface area contributed by atoms with Gasteiger partial charge in [-0.1, -0.05) is 6.07 Å². The highest BCUT2D eigenvalue weighted by molar-refractivity contribution is 7.15. The third-order valence-electron chi connectivity index (χ3n) is 3.62. The van der Waals surface area contributed by atoms with Crippen LogP contribution in [0.4, 0.5) is 10.8 Å². The highest BCUT2D eigenvalue weighted by Crippen LogP contribution is 2.29. The van der Waals surface area contributed by atoms with Gasteiger partial charge >= 0.3 is 5.97 Å². The molecule has 0 saturated heterocycles. The summed E-state index contributed by atoms with van der Waals surface area (Å²) in [6, 6.07) is 6.44. The van der Waals surface area contributed by atoms with Gasteiger partial charge in [0.05, 0.1) is 6.61 Å². The van der Waals surface area contributed by atoms with Gasteiger partial charge in [-0.05, 0) is 56.4 Å². The number of rotatable bonds is 4. The van der Waals surface area contributed by atoms with Crippen LogP contribution in [0.1, 0.15) is 39.8 Å². The smallest absolute Gasteiger partial charge is 0.358 e. The third kappa shape index (κ3) is 2.93. The molecule has 0 saturated carbocycles. The summed E-state index contributed by atoms with van der Waals surface area (Å²) < 4.78 is 5.01. The number of carbonyl (C=O) groups excluding carboxylic acids is 1. The second kappa shape index (κ2) is 5.85. The summed E-state index contributed by atoms with van der Waals surface area (Å²) in [5.41, 5.74) is 4.30. The van der Waals surface area contributed by atoms with Crippen LogP contribution in [0.15, 0.2) is 18.2 Å². The molecule has 5 heteroatoms. The maximum Gasteiger partial charge on any atom is 0.358 e. The van der Waals surface area contributed by atoms with Gasteiger partial charge in [-0.2, -0.15) is 0 Å². The van der Waals surface area contributed by atoms with Crippen molar-refractivity contribution in [1.82, 2.24) is 4.98 Å². The minimum absolute atomic E-state index is 0.353. The molecule has 0 spiro atoms. The average Bonchev–Trinajstić information content (AvgIpc) is 3.05. The second-order valence-electron chi connectivity index (χ2n) is 5.11. The molecular weight excluding hydrogens is 284 g/mol. The maximum atomic E-state index is 11.8. The highest BCUT2D eigenvalue weighted by atomic mass is 32.1. The number of thiazole rings is 1. The lowest BCUT2D eigenvalue weighted by Crippen LogP contribution is -2.06. The SMILES string of the molecule is CCOC(=O)c1nc(Nc2ccc3c(c2)CCC3)sc1C. The molecule has 4 nitrogen and oxygen atoms in total. The van der Waals surface area contributed by atoms with Gasteiger partial charge in [0, 0.05) is 10.6 Å². The molecule has 3 rings (SSSR count). The molecule has 0 atom stereocenters. The van der Waals surface area contributed by atoms with Crippen LogP contribution in [-0.4, -0.2) is 17.6 Å². The number of ether oxygens (including phenoxy) is 1. The standard InChI is InChI=1S/C16H18N2O2S/c1-3-20-15(19)14-10(2)21-16(18-14)17-13-8-7-11-5-4-6-12(11)9-13/h7-9H,3-6H2,1-2H3,(H,17,18). The molecule has 1 aromatic heterocycles. The summed E-state index contributed by atoms with van der Waals surface area (Å²) in [6.45, 7) is 4.05. The predicted molar refractivity (Wildman–Crippen MR) is 84.6 cm³/mol. The van der Waals surface area contributed by atoms with Crippen molar-refractivity contribution in [2.45, 2.75) is 33.1 Å². The number of aryl methyl sites for hydroxylation is 3. The van der Waals surface area contributed by atoms with Crippen LogP contribution in [0.2, 0.25) is 0 Å². The van der Waals surface area contributed by atoms with Crippen LogP contribution >= 0.6 is 11.3 Å². The van der Waals surface area contributed by atoms with E-state index in [0.29, 0.717) is 12.3 Å². The monoisotopic (exact) mass is 302 g/mol. The van der Waals surface area contributed by atoms with Crippen molar-refractivity contribution in [2.75, 3.05) is 11.9 Å². The number of nitrogens with zero attached hydrogens (tertiary/aromatic N) is 1. The molecule has 0 amide bonds. The van der Waals surface area contributed by atoms with E-state index in [0.717, 1.165) is 22.1 Å². The van der Waals surface area contributed by atoms with E-state index in [1.54, 1.807) is 6.92 Å². The van der Waals surface area contributed by atoms with Crippen LogP contribution < -0.4 is 5.32 Å². The first-order valence-corrected chi connectivity index (χ1v) is 8.02. The fourth-order valence-corrected chi connectivity index (χ4v) is 3.43. The summed E-state index contributed by atoms with van der Waals surface area (Å²) in [6.07, 6.45) is 3.57. The lowest BCUT2D eigenvalue weighted by Gasteiger charge is -2.05. The van der Waals surface area contributed by atoms with E-state index in [2.05, 4.69) is 28.5 Å². The lowest BCUT2D eigenvalue weighted by atomic mass is 10.1. The number of esters is 1. The number of benzene rings is 1. The summed E-state index contributed by atoms with van der Waals surface area (Å²) >= 11 is 1.47. The number of anilines is 2. The van der Waals surface area contributed by atoms with Gasteiger partial charge in [-0.15, -0.1) is 11.3 Å². The first-order chi connectivity index (χ1) is 10.2. The Morgan fingerprint density at radius 2 is 2.19 bits per heavy atom. The van der Waals surface area contributed by atoms with Crippen LogP contribution in [0, 0.1) is 6.92 Å². The van der Waals surface area contributed by atoms with E-state index >= 15 is 0 Å². The Morgan fingerprint density at radius 1 is 1.38 bits per heavy atom. The van der Waals surface area contributed by atoms with Crippen molar-refractivity contribution >= 4 is 28.1 Å². The topological polar surface area (TPSA) is 51.2 Å². The van der Waals surface area contributed by atoms with Crippen LogP contribution in [0.5, 0.6) is 0 Å². The van der Waals surface area contributed by atoms with E-state index in [1.165, 1.54) is 35.3 Å². The van der Waals surface area contributed by atoms with Gasteiger partial charge in [-0.3, -0.25) is 0 Å². The molecule has 1 aliphatic rings. The number of aromatic nitrogens is 1. The fraction of sp³-hybridized carbons (Fsp3) is 0.375. The van der Waals surface area contributed by atoms with Crippen molar-refractivity contribution in [3.63, 3.8) is 0 Å². The van der Waals surface area contributed by atoms with Crippen molar-refractivity contribution in [2.24, 2.45) is 0 Å². The number of fused-ring (bicyclic) bond motifs is 1. The molecule has 1 aliphatic carbocycles. The Balaban J connectivity index is 1.79. The van der Waals surface area contributed by atoms with Gasteiger partial charge in [0.25, 0.3) is 0 Å². The van der Waals surface area contributed by atoms with E-state index in [-0.39, 0.29) is 5.97 Å². The largest absolute Gasteiger partial charge is 0.461 e. The number of hydrogen-bond acceptors (Lipinski definition) is 5. The maximum absolute atomic E-state index is 11.8. The first-order valence-electron chi connectivity index (χ1n) is 7.20. The Labute approximate surface area is 128 Å². The molecule has 1 N–H and O–H groups in total. The minimum atomic E-state index is -0.353. The molecule has 2 aromatic rings. The summed E-state index contributed by atoms with van der Waals surface area (Å²) in [4.78, 5) is 17.0. The van der Waals surface area contributed by atoms with Gasteiger partial charge in [-0.25, -0.2) is 9.78 Å². The van der Waals surface area contributed by atoms with Crippen molar-refractivity contribution in [1.29, 1.82) is 0 Å². The molecule has 1 aromatic carbocycles. The second-order valence-corrected chi connectivity index (χ2v) is 6.31. The lowest BCUT2D eigenvalue weighted by molar-refractivity contribution is 0.0519. The molecule has 0 fully saturated rings. The molecule has 0 bridgehead atoms. The van der Waals surface area contributed by atoms with Crippen LogP contribution in [-0.2, 0) is 17.6 Å². The van der Waals surface area contributed by atoms with Crippen molar-refractivity contribution < 1.29 is 9.53 Å². The molecule has 0 unspecified atom stereocenters. The zero-order chi connectivity index (χ0) is 14.8. The van der Waals surface area contributed by atoms with E-state index in [9.17, 15) is 4.79 Å². The Kier molecular flexibility index (Phi) is 3.92. The zero-order valence-corrected chi connectivity index (χ0v) is 13.0. The van der Waals surface area contributed by atoms with Gasteiger partial charge in [0.2, 0.25) is 0 Å². The minimum Gasteiger partial charge on any atom is -0.461 e. The Morgan fingerprint density at radius 3 is 3.00 bits per heavy atom. The van der Waals surface area contributed by atoms with E-state index < -0.39 is 0 Å². The van der Waals surface area contributed by atoms with Crippen LogP contribution in [0.3, 0.4) is 0 Å². The molecule has 0 radical (unpaired) electrons. The number of nitrogens with one attached hydrogen (secondary N) is 1. The number of hydrogen-bond donors (Lipinski definition) is 1. The Hall–Kier alpha value is -1.88. The van der Waals surface area contributed by atoms with Crippen molar-refractivity contribution in [3.8, 4) is 0 Å². The number of carbonyl (C=O) groups is 1. The summed E-state index contributed by atoms with van der Waals surface area (Å²) in [5, 5.41) is 4.02. The predicted octanol–water partition coefficient (Wildman–Crippen LogP) is 3.86. The Bertz CT molecular complexity index is 679. The highest BCUT2D eigenvalue weighted by Gasteiger charge is 2.17. The van der Waals surface area contributed by atoms with Gasteiger partial charge in [0.1, 0.15) is 0 Å². The summed E-state index contributed by atoms with van der Waals surface area (Å²) in [7, 11) is 0. The average molecular weight is 302 g/mol. The molecule has 1 heterocycles. The molecule has 21 heavy (non-hydrogen) atoms. The van der Waals surface area contributed by atoms with Crippen molar-refractivity contribution in [3.05, 3.63) is 39.9 Å². The normalized spacial score (nSPS) is 13.0. The van der Waals surface area contributed by atoms with Gasteiger partial charge < -0.3 is 10.1 Å². The molecule has 110 valence electrons. The third-order valence-corrected chi connectivity index (χ3v) is 4.50. The van der Waals surface area contributed by atoms with Gasteiger partial charge in [0.15, 0.2) is 10.8 Å². The molecular formula is C16H18N2O2S. The van der Waals surface area contributed by atoms with E-state index in [1.807, 2.05) is 6.92 Å². The van der Waals surface area contributed by atoms with Crippen LogP contribution in [0.25, 0.3) is 0 Å². The summed E-state index contributed by atoms with van der Waals surface area (Å²) in [5.74, 6) is -0.353. The van der Waals surface area contributed by atoms with E-state index in [4.69, 9.17) is 4.74 Å². The molecule has 0 aliphatic heterocycles. The quantitative estimate of drug-likeness (QED) is 0.871.